The maximum Gasteiger partial charge on any atom is 0.139 e. The summed E-state index contributed by atoms with van der Waals surface area (Å²) in [6, 6.07) is 3.12. The van der Waals surface area contributed by atoms with E-state index in [1.54, 1.807) is 12.1 Å². The summed E-state index contributed by atoms with van der Waals surface area (Å²) >= 11 is 5.49. The highest BCUT2D eigenvalue weighted by Crippen LogP contribution is 2.15. The number of rotatable bonds is 2. The van der Waals surface area contributed by atoms with Crippen LogP contribution in [0.2, 0.25) is 5.15 Å². The van der Waals surface area contributed by atoms with Crippen molar-refractivity contribution in [1.82, 2.24) is 4.98 Å². The number of nitrogens with zero attached hydrogens (tertiary/aromatic N) is 1. The molecule has 4 heteroatoms. The minimum atomic E-state index is -1.14. The highest BCUT2D eigenvalue weighted by Gasteiger charge is 2.06. The van der Waals surface area contributed by atoms with Gasteiger partial charge in [-0.15, -0.1) is 0 Å². The minimum absolute atomic E-state index is 0.0245. The van der Waals surface area contributed by atoms with Crippen molar-refractivity contribution < 1.29 is 4.39 Å². The van der Waals surface area contributed by atoms with Gasteiger partial charge in [-0.1, -0.05) is 17.7 Å². The van der Waals surface area contributed by atoms with Crippen molar-refractivity contribution in [2.45, 2.75) is 6.17 Å². The molecule has 0 aliphatic carbocycles. The van der Waals surface area contributed by atoms with Crippen LogP contribution in [0, 0.1) is 0 Å². The van der Waals surface area contributed by atoms with Gasteiger partial charge in [0.2, 0.25) is 0 Å². The van der Waals surface area contributed by atoms with Gasteiger partial charge in [-0.25, -0.2) is 9.37 Å². The molecule has 0 unspecified atom stereocenters. The van der Waals surface area contributed by atoms with E-state index in [9.17, 15) is 4.39 Å². The summed E-state index contributed by atoms with van der Waals surface area (Å²) in [5.74, 6) is 0. The molecule has 0 saturated heterocycles. The Labute approximate surface area is 69.2 Å². The van der Waals surface area contributed by atoms with Crippen LogP contribution in [-0.2, 0) is 0 Å². The van der Waals surface area contributed by atoms with Gasteiger partial charge < -0.3 is 5.73 Å². The lowest BCUT2D eigenvalue weighted by molar-refractivity contribution is 0.352. The molecule has 0 bridgehead atoms. The lowest BCUT2D eigenvalue weighted by Gasteiger charge is -2.03. The molecule has 0 aliphatic rings. The Morgan fingerprint density at radius 3 is 2.82 bits per heavy atom. The van der Waals surface area contributed by atoms with Gasteiger partial charge in [0.25, 0.3) is 0 Å². The molecule has 1 atom stereocenters. The number of pyridine rings is 1. The van der Waals surface area contributed by atoms with Crippen molar-refractivity contribution in [2.75, 3.05) is 6.54 Å². The lowest BCUT2D eigenvalue weighted by Crippen LogP contribution is -2.07. The topological polar surface area (TPSA) is 38.9 Å². The van der Waals surface area contributed by atoms with Crippen LogP contribution in [0.3, 0.4) is 0 Å². The summed E-state index contributed by atoms with van der Waals surface area (Å²) < 4.78 is 12.8. The monoisotopic (exact) mass is 174 g/mol. The normalized spacial score (nSPS) is 13.0. The van der Waals surface area contributed by atoms with Crippen molar-refractivity contribution in [3.63, 3.8) is 0 Å². The molecule has 0 aromatic carbocycles. The molecule has 2 nitrogen and oxygen atoms in total. The first-order valence-electron chi connectivity index (χ1n) is 3.19. The number of aromatic nitrogens is 1. The molecule has 0 saturated carbocycles. The number of halogens is 2. The summed E-state index contributed by atoms with van der Waals surface area (Å²) in [7, 11) is 0. The van der Waals surface area contributed by atoms with Gasteiger partial charge in [0.15, 0.2) is 0 Å². The first kappa shape index (κ1) is 8.43. The summed E-state index contributed by atoms with van der Waals surface area (Å²) in [6.07, 6.45) is 0.250. The van der Waals surface area contributed by atoms with E-state index in [-0.39, 0.29) is 6.54 Å². The molecular formula is C7H8ClFN2. The van der Waals surface area contributed by atoms with Crippen molar-refractivity contribution in [2.24, 2.45) is 5.73 Å². The molecule has 2 N–H and O–H groups in total. The van der Waals surface area contributed by atoms with E-state index in [0.29, 0.717) is 10.7 Å². The third kappa shape index (κ3) is 2.13. The van der Waals surface area contributed by atoms with Gasteiger partial charge in [-0.2, -0.15) is 0 Å². The largest absolute Gasteiger partial charge is 0.327 e. The van der Waals surface area contributed by atoms with Gasteiger partial charge in [0.05, 0.1) is 0 Å². The molecule has 1 aromatic rings. The van der Waals surface area contributed by atoms with Crippen molar-refractivity contribution in [1.29, 1.82) is 0 Å². The van der Waals surface area contributed by atoms with Gasteiger partial charge in [0.1, 0.15) is 11.3 Å². The van der Waals surface area contributed by atoms with E-state index in [1.165, 1.54) is 6.20 Å². The van der Waals surface area contributed by atoms with Gasteiger partial charge >= 0.3 is 0 Å². The molecule has 60 valence electrons. The number of hydrogen-bond donors (Lipinski definition) is 1. The second-order valence-corrected chi connectivity index (χ2v) is 2.50. The lowest BCUT2D eigenvalue weighted by atomic mass is 10.2. The van der Waals surface area contributed by atoms with Gasteiger partial charge in [-0.05, 0) is 6.07 Å². The first-order chi connectivity index (χ1) is 5.24. The van der Waals surface area contributed by atoms with Crippen LogP contribution in [0.25, 0.3) is 0 Å². The second kappa shape index (κ2) is 3.64. The third-order valence-electron chi connectivity index (χ3n) is 1.32. The average molecular weight is 175 g/mol. The smallest absolute Gasteiger partial charge is 0.139 e. The number of hydrogen-bond acceptors (Lipinski definition) is 2. The van der Waals surface area contributed by atoms with E-state index in [1.807, 2.05) is 0 Å². The predicted molar refractivity (Wildman–Crippen MR) is 42.2 cm³/mol. The minimum Gasteiger partial charge on any atom is -0.327 e. The second-order valence-electron chi connectivity index (χ2n) is 2.12. The molecule has 0 fully saturated rings. The average Bonchev–Trinajstić information content (AvgIpc) is 2.05. The van der Waals surface area contributed by atoms with E-state index < -0.39 is 6.17 Å². The van der Waals surface area contributed by atoms with Crippen molar-refractivity contribution in [3.05, 3.63) is 29.0 Å². The van der Waals surface area contributed by atoms with Crippen LogP contribution in [-0.4, -0.2) is 11.5 Å². The predicted octanol–water partition coefficient (Wildman–Crippen LogP) is 1.70. The number of nitrogens with two attached hydrogens (primary N) is 1. The molecule has 1 aromatic heterocycles. The van der Waals surface area contributed by atoms with E-state index in [0.717, 1.165) is 0 Å². The summed E-state index contributed by atoms with van der Waals surface area (Å²) in [5.41, 5.74) is 5.58. The van der Waals surface area contributed by atoms with Crippen LogP contribution in [0.15, 0.2) is 18.3 Å². The Morgan fingerprint density at radius 1 is 1.64 bits per heavy atom. The highest BCUT2D eigenvalue weighted by molar-refractivity contribution is 6.29. The maximum absolute atomic E-state index is 12.8. The van der Waals surface area contributed by atoms with Crippen LogP contribution >= 0.6 is 11.6 Å². The summed E-state index contributed by atoms with van der Waals surface area (Å²) in [5, 5.41) is 0.359. The zero-order valence-electron chi connectivity index (χ0n) is 5.80. The fraction of sp³-hybridized carbons (Fsp3) is 0.286. The molecule has 0 spiro atoms. The van der Waals surface area contributed by atoms with E-state index >= 15 is 0 Å². The van der Waals surface area contributed by atoms with Gasteiger partial charge in [0, 0.05) is 18.3 Å². The molecular weight excluding hydrogens is 167 g/mol. The molecule has 1 heterocycles. The Hall–Kier alpha value is -0.670. The Balaban J connectivity index is 2.81. The van der Waals surface area contributed by atoms with Crippen LogP contribution in [0.5, 0.6) is 0 Å². The summed E-state index contributed by atoms with van der Waals surface area (Å²) in [4.78, 5) is 3.72. The molecule has 0 amide bonds. The van der Waals surface area contributed by atoms with E-state index in [4.69, 9.17) is 17.3 Å². The summed E-state index contributed by atoms with van der Waals surface area (Å²) in [6.45, 7) is -0.0245. The SMILES string of the molecule is NC[C@@H](F)c1ccc(Cl)nc1. The maximum atomic E-state index is 12.8. The molecule has 0 aliphatic heterocycles. The van der Waals surface area contributed by atoms with Crippen LogP contribution < -0.4 is 5.73 Å². The van der Waals surface area contributed by atoms with Gasteiger partial charge in [-0.3, -0.25) is 0 Å². The third-order valence-corrected chi connectivity index (χ3v) is 1.54. The fourth-order valence-electron chi connectivity index (χ4n) is 0.709. The first-order valence-corrected chi connectivity index (χ1v) is 3.57. The van der Waals surface area contributed by atoms with E-state index in [2.05, 4.69) is 4.98 Å². The molecule has 0 radical (unpaired) electrons. The zero-order valence-corrected chi connectivity index (χ0v) is 6.55. The fourth-order valence-corrected chi connectivity index (χ4v) is 0.820. The van der Waals surface area contributed by atoms with Crippen LogP contribution in [0.1, 0.15) is 11.7 Å². The Kier molecular flexibility index (Phi) is 2.79. The molecule has 11 heavy (non-hydrogen) atoms. The van der Waals surface area contributed by atoms with Crippen molar-refractivity contribution >= 4 is 11.6 Å². The zero-order chi connectivity index (χ0) is 8.27. The highest BCUT2D eigenvalue weighted by atomic mass is 35.5. The number of alkyl halides is 1. The molecule has 1 rings (SSSR count). The quantitative estimate of drug-likeness (QED) is 0.694. The standard InChI is InChI=1S/C7H8ClFN2/c8-7-2-1-5(4-11-7)6(9)3-10/h1-2,4,6H,3,10H2/t6-/m1/s1. The Morgan fingerprint density at radius 2 is 2.36 bits per heavy atom. The Bertz CT molecular complexity index is 224. The van der Waals surface area contributed by atoms with Crippen LogP contribution in [0.4, 0.5) is 4.39 Å². The van der Waals surface area contributed by atoms with Crippen molar-refractivity contribution in [3.8, 4) is 0 Å².